The molecule has 0 aliphatic carbocycles. The molecule has 1 heterocycles. The van der Waals surface area contributed by atoms with Gasteiger partial charge in [0, 0.05) is 6.08 Å². The molecule has 2 aromatic rings. The summed E-state index contributed by atoms with van der Waals surface area (Å²) in [5.41, 5.74) is 13.4. The van der Waals surface area contributed by atoms with E-state index in [0.717, 1.165) is 31.2 Å². The van der Waals surface area contributed by atoms with Crippen molar-refractivity contribution in [1.29, 1.82) is 5.26 Å². The molecule has 0 fully saturated rings. The average molecular weight is 506 g/mol. The molecule has 6 N–H and O–H groups in total. The quantitative estimate of drug-likeness (QED) is 0.0854. The van der Waals surface area contributed by atoms with Crippen molar-refractivity contribution >= 4 is 17.7 Å². The van der Waals surface area contributed by atoms with Gasteiger partial charge in [-0.2, -0.15) is 5.26 Å². The number of hydrogen-bond donors (Lipinski definition) is 4. The summed E-state index contributed by atoms with van der Waals surface area (Å²) < 4.78 is 0. The van der Waals surface area contributed by atoms with Gasteiger partial charge in [-0.15, -0.1) is 0 Å². The highest BCUT2D eigenvalue weighted by Gasteiger charge is 2.17. The number of unbranched alkanes of at least 4 members (excludes halogenated alkanes) is 5. The van der Waals surface area contributed by atoms with Gasteiger partial charge in [0.15, 0.2) is 5.96 Å². The SMILES string of the molecule is CCCCCCCC[C@H](CC[C@@H]([N-]c1ccc[nH]1)/C(=C/C(=O)O)CN=C(N)N)Cc1cccc(C#N)c1. The zero-order valence-electron chi connectivity index (χ0n) is 21.9. The maximum atomic E-state index is 11.6. The zero-order chi connectivity index (χ0) is 26.9. The minimum absolute atomic E-state index is 0.0792. The number of carbonyl (C=O) groups is 1. The molecule has 8 nitrogen and oxygen atoms in total. The van der Waals surface area contributed by atoms with Crippen molar-refractivity contribution in [2.24, 2.45) is 22.4 Å². The van der Waals surface area contributed by atoms with Crippen LogP contribution in [0, 0.1) is 17.2 Å². The molecule has 0 aliphatic rings. The molecular weight excluding hydrogens is 464 g/mol. The lowest BCUT2D eigenvalue weighted by atomic mass is 9.86. The molecule has 37 heavy (non-hydrogen) atoms. The summed E-state index contributed by atoms with van der Waals surface area (Å²) in [5.74, 6) is -0.0755. The van der Waals surface area contributed by atoms with Crippen LogP contribution < -0.4 is 11.5 Å². The molecule has 0 amide bonds. The molecule has 0 spiro atoms. The zero-order valence-corrected chi connectivity index (χ0v) is 21.9. The highest BCUT2D eigenvalue weighted by molar-refractivity contribution is 5.81. The molecule has 0 radical (unpaired) electrons. The number of nitrogens with two attached hydrogens (primary N) is 2. The smallest absolute Gasteiger partial charge is 0.328 e. The molecule has 0 bridgehead atoms. The summed E-state index contributed by atoms with van der Waals surface area (Å²) in [4.78, 5) is 18.7. The second-order valence-corrected chi connectivity index (χ2v) is 9.51. The molecule has 8 heteroatoms. The Hall–Kier alpha value is -3.73. The van der Waals surface area contributed by atoms with Crippen molar-refractivity contribution < 1.29 is 9.90 Å². The number of carboxylic acids is 1. The van der Waals surface area contributed by atoms with Gasteiger partial charge in [-0.1, -0.05) is 88.1 Å². The summed E-state index contributed by atoms with van der Waals surface area (Å²) in [6, 6.07) is 13.4. The Balaban J connectivity index is 2.18. The van der Waals surface area contributed by atoms with E-state index in [1.807, 2.05) is 30.3 Å². The number of aromatic nitrogens is 1. The van der Waals surface area contributed by atoms with Crippen molar-refractivity contribution in [3.63, 3.8) is 0 Å². The molecule has 1 aromatic carbocycles. The van der Waals surface area contributed by atoms with E-state index in [0.29, 0.717) is 29.3 Å². The highest BCUT2D eigenvalue weighted by Crippen LogP contribution is 2.30. The van der Waals surface area contributed by atoms with Crippen LogP contribution in [-0.2, 0) is 11.2 Å². The van der Waals surface area contributed by atoms with E-state index in [4.69, 9.17) is 16.8 Å². The van der Waals surface area contributed by atoms with Gasteiger partial charge in [0.1, 0.15) is 0 Å². The van der Waals surface area contributed by atoms with Gasteiger partial charge in [0.25, 0.3) is 0 Å². The van der Waals surface area contributed by atoms with Crippen LogP contribution in [0.2, 0.25) is 0 Å². The van der Waals surface area contributed by atoms with Crippen molar-refractivity contribution in [1.82, 2.24) is 4.98 Å². The number of aromatic amines is 1. The number of nitriles is 1. The lowest BCUT2D eigenvalue weighted by molar-refractivity contribution is -0.131. The van der Waals surface area contributed by atoms with E-state index >= 15 is 0 Å². The molecule has 2 atom stereocenters. The van der Waals surface area contributed by atoms with Crippen LogP contribution in [0.3, 0.4) is 0 Å². The monoisotopic (exact) mass is 505 g/mol. The van der Waals surface area contributed by atoms with Gasteiger partial charge in [0.2, 0.25) is 0 Å². The number of benzene rings is 1. The molecule has 2 rings (SSSR count). The Morgan fingerprint density at radius 2 is 1.92 bits per heavy atom. The topological polar surface area (TPSA) is 155 Å². The number of guanidine groups is 1. The molecule has 200 valence electrons. The molecule has 0 saturated heterocycles. The molecular formula is C29H41N6O2-. The third kappa shape index (κ3) is 12.2. The Morgan fingerprint density at radius 3 is 2.59 bits per heavy atom. The van der Waals surface area contributed by atoms with Crippen LogP contribution in [0.4, 0.5) is 5.82 Å². The molecule has 1 aromatic heterocycles. The van der Waals surface area contributed by atoms with Crippen LogP contribution in [0.25, 0.3) is 5.32 Å². The van der Waals surface area contributed by atoms with Crippen LogP contribution in [0.15, 0.2) is 59.2 Å². The highest BCUT2D eigenvalue weighted by atomic mass is 16.4. The first-order valence-electron chi connectivity index (χ1n) is 13.2. The Morgan fingerprint density at radius 1 is 1.14 bits per heavy atom. The number of rotatable bonds is 18. The first-order valence-corrected chi connectivity index (χ1v) is 13.2. The Kier molecular flexibility index (Phi) is 13.4. The number of carboxylic acid groups (broad SMARTS) is 1. The number of hydrogen-bond acceptors (Lipinski definition) is 3. The summed E-state index contributed by atoms with van der Waals surface area (Å²) in [5, 5.41) is 23.6. The Bertz CT molecular complexity index is 1030. The van der Waals surface area contributed by atoms with Crippen molar-refractivity contribution in [3.05, 3.63) is 70.7 Å². The number of nitrogens with one attached hydrogen (secondary N) is 1. The fraction of sp³-hybridized carbons (Fsp3) is 0.483. The maximum Gasteiger partial charge on any atom is 0.328 e. The molecule has 0 saturated carbocycles. The van der Waals surface area contributed by atoms with E-state index in [9.17, 15) is 15.2 Å². The first-order chi connectivity index (χ1) is 17.9. The number of nitrogens with zero attached hydrogens (tertiary/aromatic N) is 3. The molecule has 0 aliphatic heterocycles. The summed E-state index contributed by atoms with van der Waals surface area (Å²) in [6.07, 6.45) is 13.8. The first kappa shape index (κ1) is 29.5. The third-order valence-electron chi connectivity index (χ3n) is 6.45. The Labute approximate surface area is 220 Å². The standard InChI is InChI=1S/C29H41N6O2/c1-2-3-4-5-6-7-10-22(17-23-11-8-12-24(18-23)20-30)14-15-26(35-27-13-9-16-33-27)25(19-28(36)37)21-34-29(31)32/h8-9,11-13,16,18-19,22,26,33H,2-7,10,14-15,17,21H2,1H3,(H,36,37)(H4,31,32,34)/q-1/b25-19+/t22-,26-/m1/s1. The maximum absolute atomic E-state index is 11.6. The summed E-state index contributed by atoms with van der Waals surface area (Å²) in [7, 11) is 0. The van der Waals surface area contributed by atoms with E-state index in [-0.39, 0.29) is 18.5 Å². The fourth-order valence-electron chi connectivity index (χ4n) is 4.55. The van der Waals surface area contributed by atoms with Crippen LogP contribution in [0.1, 0.15) is 75.8 Å². The van der Waals surface area contributed by atoms with Crippen molar-refractivity contribution in [2.45, 2.75) is 77.2 Å². The van der Waals surface area contributed by atoms with Crippen LogP contribution in [0.5, 0.6) is 0 Å². The lowest BCUT2D eigenvalue weighted by Gasteiger charge is -2.29. The predicted octanol–water partition coefficient (Wildman–Crippen LogP) is 5.93. The molecule has 0 unspecified atom stereocenters. The lowest BCUT2D eigenvalue weighted by Crippen LogP contribution is -2.24. The summed E-state index contributed by atoms with van der Waals surface area (Å²) >= 11 is 0. The van der Waals surface area contributed by atoms with Crippen LogP contribution in [-0.4, -0.2) is 34.6 Å². The van der Waals surface area contributed by atoms with E-state index in [1.54, 1.807) is 6.20 Å². The normalized spacial score (nSPS) is 12.9. The van der Waals surface area contributed by atoms with Crippen LogP contribution >= 0.6 is 0 Å². The number of H-pyrrole nitrogens is 1. The minimum Gasteiger partial charge on any atom is -0.478 e. The third-order valence-corrected chi connectivity index (χ3v) is 6.45. The van der Waals surface area contributed by atoms with Gasteiger partial charge in [-0.05, 0) is 54.5 Å². The second-order valence-electron chi connectivity index (χ2n) is 9.51. The van der Waals surface area contributed by atoms with E-state index < -0.39 is 5.97 Å². The van der Waals surface area contributed by atoms with Gasteiger partial charge in [-0.25, -0.2) is 9.79 Å². The van der Waals surface area contributed by atoms with E-state index in [1.165, 1.54) is 38.2 Å². The second kappa shape index (κ2) is 16.9. The van der Waals surface area contributed by atoms with E-state index in [2.05, 4.69) is 29.0 Å². The average Bonchev–Trinajstić information content (AvgIpc) is 3.39. The number of aliphatic imine (C=N–C) groups is 1. The summed E-state index contributed by atoms with van der Waals surface area (Å²) in [6.45, 7) is 2.30. The van der Waals surface area contributed by atoms with Crippen molar-refractivity contribution in [3.8, 4) is 6.07 Å². The largest absolute Gasteiger partial charge is 0.478 e. The predicted molar refractivity (Wildman–Crippen MR) is 150 cm³/mol. The fourth-order valence-corrected chi connectivity index (χ4v) is 4.55. The van der Waals surface area contributed by atoms with Gasteiger partial charge >= 0.3 is 5.97 Å². The van der Waals surface area contributed by atoms with Gasteiger partial charge in [-0.3, -0.25) is 0 Å². The minimum atomic E-state index is -1.05. The number of aliphatic carboxylic acids is 1. The van der Waals surface area contributed by atoms with Gasteiger partial charge < -0.3 is 26.9 Å². The van der Waals surface area contributed by atoms with Crippen molar-refractivity contribution in [2.75, 3.05) is 6.54 Å². The van der Waals surface area contributed by atoms with Gasteiger partial charge in [0.05, 0.1) is 18.2 Å².